The summed E-state index contributed by atoms with van der Waals surface area (Å²) in [6.45, 7) is 0.334. The molecule has 5 heteroatoms. The number of carbonyl (C=O) groups excluding carboxylic acids is 1. The SMILES string of the molecule is O=C(c1cncc(C#CCCO)c1)N(CCO)C1CCC1. The van der Waals surface area contributed by atoms with Crippen LogP contribution in [0.25, 0.3) is 0 Å². The van der Waals surface area contributed by atoms with E-state index in [-0.39, 0.29) is 25.2 Å². The van der Waals surface area contributed by atoms with Crippen molar-refractivity contribution >= 4 is 5.91 Å². The van der Waals surface area contributed by atoms with Gasteiger partial charge in [-0.15, -0.1) is 0 Å². The molecule has 0 aromatic carbocycles. The number of aromatic nitrogens is 1. The second-order valence-electron chi connectivity index (χ2n) is 5.04. The number of aliphatic hydroxyl groups excluding tert-OH is 2. The van der Waals surface area contributed by atoms with Crippen LogP contribution in [0.15, 0.2) is 18.5 Å². The molecule has 2 rings (SSSR count). The highest BCUT2D eigenvalue weighted by Gasteiger charge is 2.29. The van der Waals surface area contributed by atoms with E-state index in [1.807, 2.05) is 0 Å². The highest BCUT2D eigenvalue weighted by molar-refractivity contribution is 5.94. The molecule has 112 valence electrons. The quantitative estimate of drug-likeness (QED) is 0.786. The zero-order valence-corrected chi connectivity index (χ0v) is 12.0. The highest BCUT2D eigenvalue weighted by atomic mass is 16.3. The largest absolute Gasteiger partial charge is 0.395 e. The molecule has 1 aromatic heterocycles. The maximum atomic E-state index is 12.5. The molecule has 1 amide bonds. The molecule has 1 saturated carbocycles. The Kier molecular flexibility index (Phi) is 5.73. The zero-order chi connectivity index (χ0) is 15.1. The topological polar surface area (TPSA) is 73.7 Å². The minimum atomic E-state index is -0.105. The van der Waals surface area contributed by atoms with E-state index >= 15 is 0 Å². The van der Waals surface area contributed by atoms with Gasteiger partial charge in [0.05, 0.1) is 18.8 Å². The fourth-order valence-electron chi connectivity index (χ4n) is 2.27. The van der Waals surface area contributed by atoms with Gasteiger partial charge >= 0.3 is 0 Å². The molecule has 1 aliphatic rings. The molecule has 5 nitrogen and oxygen atoms in total. The van der Waals surface area contributed by atoms with Gasteiger partial charge < -0.3 is 15.1 Å². The van der Waals surface area contributed by atoms with Gasteiger partial charge in [0, 0.05) is 37.0 Å². The van der Waals surface area contributed by atoms with E-state index in [2.05, 4.69) is 16.8 Å². The van der Waals surface area contributed by atoms with E-state index in [4.69, 9.17) is 10.2 Å². The average Bonchev–Trinajstić information content (AvgIpc) is 2.45. The Balaban J connectivity index is 2.13. The van der Waals surface area contributed by atoms with Crippen LogP contribution < -0.4 is 0 Å². The summed E-state index contributed by atoms with van der Waals surface area (Å²) in [6, 6.07) is 1.94. The number of amides is 1. The summed E-state index contributed by atoms with van der Waals surface area (Å²) in [5, 5.41) is 17.9. The zero-order valence-electron chi connectivity index (χ0n) is 12.0. The van der Waals surface area contributed by atoms with Crippen LogP contribution in [-0.4, -0.2) is 51.8 Å². The molecule has 1 aromatic rings. The van der Waals surface area contributed by atoms with Crippen LogP contribution in [0.5, 0.6) is 0 Å². The summed E-state index contributed by atoms with van der Waals surface area (Å²) in [6.07, 6.45) is 6.65. The first-order chi connectivity index (χ1) is 10.3. The maximum absolute atomic E-state index is 12.5. The van der Waals surface area contributed by atoms with Gasteiger partial charge in [0.1, 0.15) is 0 Å². The number of rotatable bonds is 5. The Morgan fingerprint density at radius 2 is 2.14 bits per heavy atom. The third kappa shape index (κ3) is 4.03. The first-order valence-electron chi connectivity index (χ1n) is 7.23. The number of carbonyl (C=O) groups is 1. The van der Waals surface area contributed by atoms with Crippen LogP contribution in [0, 0.1) is 11.8 Å². The van der Waals surface area contributed by atoms with Crippen molar-refractivity contribution in [1.82, 2.24) is 9.88 Å². The van der Waals surface area contributed by atoms with Gasteiger partial charge in [-0.2, -0.15) is 0 Å². The van der Waals surface area contributed by atoms with Crippen molar-refractivity contribution < 1.29 is 15.0 Å². The standard InChI is InChI=1S/C16H20N2O3/c19-8-2-1-4-13-10-14(12-17-11-13)16(21)18(7-9-20)15-5-3-6-15/h10-12,15,19-20H,2-3,5-9H2. The van der Waals surface area contributed by atoms with Gasteiger partial charge in [-0.25, -0.2) is 0 Å². The Morgan fingerprint density at radius 1 is 1.33 bits per heavy atom. The van der Waals surface area contributed by atoms with E-state index < -0.39 is 0 Å². The first kappa shape index (κ1) is 15.5. The second kappa shape index (κ2) is 7.77. The molecule has 1 heterocycles. The van der Waals surface area contributed by atoms with Crippen molar-refractivity contribution in [3.63, 3.8) is 0 Å². The molecular formula is C16H20N2O3. The fraction of sp³-hybridized carbons (Fsp3) is 0.500. The van der Waals surface area contributed by atoms with E-state index in [9.17, 15) is 4.79 Å². The third-order valence-corrected chi connectivity index (χ3v) is 3.57. The minimum Gasteiger partial charge on any atom is -0.395 e. The molecule has 21 heavy (non-hydrogen) atoms. The number of aliphatic hydroxyl groups is 2. The van der Waals surface area contributed by atoms with Crippen molar-refractivity contribution in [2.45, 2.75) is 31.7 Å². The summed E-state index contributed by atoms with van der Waals surface area (Å²) >= 11 is 0. The average molecular weight is 288 g/mol. The molecule has 0 saturated heterocycles. The van der Waals surface area contributed by atoms with Crippen LogP contribution in [0.4, 0.5) is 0 Å². The smallest absolute Gasteiger partial charge is 0.255 e. The normalized spacial score (nSPS) is 14.0. The molecule has 1 aliphatic carbocycles. The lowest BCUT2D eigenvalue weighted by Gasteiger charge is -2.37. The summed E-state index contributed by atoms with van der Waals surface area (Å²) in [5.41, 5.74) is 1.15. The lowest BCUT2D eigenvalue weighted by molar-refractivity contribution is 0.0525. The molecule has 0 atom stereocenters. The monoisotopic (exact) mass is 288 g/mol. The molecule has 1 fully saturated rings. The minimum absolute atomic E-state index is 0.0189. The third-order valence-electron chi connectivity index (χ3n) is 3.57. The van der Waals surface area contributed by atoms with Crippen LogP contribution in [0.2, 0.25) is 0 Å². The Hall–Kier alpha value is -1.90. The van der Waals surface area contributed by atoms with Crippen molar-refractivity contribution in [1.29, 1.82) is 0 Å². The van der Waals surface area contributed by atoms with E-state index in [0.717, 1.165) is 19.3 Å². The predicted molar refractivity (Wildman–Crippen MR) is 78.6 cm³/mol. The second-order valence-corrected chi connectivity index (χ2v) is 5.04. The Bertz CT molecular complexity index is 544. The lowest BCUT2D eigenvalue weighted by Crippen LogP contribution is -2.45. The summed E-state index contributed by atoms with van der Waals surface area (Å²) < 4.78 is 0. The van der Waals surface area contributed by atoms with Crippen molar-refractivity contribution in [3.8, 4) is 11.8 Å². The van der Waals surface area contributed by atoms with Crippen LogP contribution in [0.1, 0.15) is 41.6 Å². The number of pyridine rings is 1. The molecular weight excluding hydrogens is 268 g/mol. The van der Waals surface area contributed by atoms with Gasteiger partial charge in [0.25, 0.3) is 5.91 Å². The number of hydrogen-bond acceptors (Lipinski definition) is 4. The van der Waals surface area contributed by atoms with Gasteiger partial charge in [0.2, 0.25) is 0 Å². The molecule has 0 radical (unpaired) electrons. The number of hydrogen-bond donors (Lipinski definition) is 2. The molecule has 0 aliphatic heterocycles. The molecule has 0 bridgehead atoms. The summed E-state index contributed by atoms with van der Waals surface area (Å²) in [7, 11) is 0. The van der Waals surface area contributed by atoms with Gasteiger partial charge in [0.15, 0.2) is 0 Å². The van der Waals surface area contributed by atoms with Gasteiger partial charge in [-0.3, -0.25) is 9.78 Å². The molecule has 2 N–H and O–H groups in total. The summed E-state index contributed by atoms with van der Waals surface area (Å²) in [5.74, 6) is 5.58. The fourth-order valence-corrected chi connectivity index (χ4v) is 2.27. The molecule has 0 spiro atoms. The van der Waals surface area contributed by atoms with Crippen LogP contribution in [-0.2, 0) is 0 Å². The lowest BCUT2D eigenvalue weighted by atomic mass is 9.91. The van der Waals surface area contributed by atoms with Gasteiger partial charge in [-0.1, -0.05) is 11.8 Å². The van der Waals surface area contributed by atoms with E-state index in [0.29, 0.717) is 24.1 Å². The number of nitrogens with zero attached hydrogens (tertiary/aromatic N) is 2. The maximum Gasteiger partial charge on any atom is 0.255 e. The van der Waals surface area contributed by atoms with E-state index in [1.165, 1.54) is 6.20 Å². The Morgan fingerprint density at radius 3 is 2.76 bits per heavy atom. The van der Waals surface area contributed by atoms with Gasteiger partial charge in [-0.05, 0) is 25.3 Å². The Labute approximate surface area is 124 Å². The highest BCUT2D eigenvalue weighted by Crippen LogP contribution is 2.25. The van der Waals surface area contributed by atoms with Crippen molar-refractivity contribution in [3.05, 3.63) is 29.6 Å². The summed E-state index contributed by atoms with van der Waals surface area (Å²) in [4.78, 5) is 18.3. The van der Waals surface area contributed by atoms with Crippen LogP contribution in [0.3, 0.4) is 0 Å². The predicted octanol–water partition coefficient (Wildman–Crippen LogP) is 0.802. The first-order valence-corrected chi connectivity index (χ1v) is 7.23. The van der Waals surface area contributed by atoms with Crippen molar-refractivity contribution in [2.75, 3.05) is 19.8 Å². The van der Waals surface area contributed by atoms with Crippen molar-refractivity contribution in [2.24, 2.45) is 0 Å². The van der Waals surface area contributed by atoms with E-state index in [1.54, 1.807) is 17.2 Å². The van der Waals surface area contributed by atoms with Crippen LogP contribution >= 0.6 is 0 Å². The molecule has 0 unspecified atom stereocenters.